The zero-order valence-corrected chi connectivity index (χ0v) is 16.3. The summed E-state index contributed by atoms with van der Waals surface area (Å²) in [4.78, 5) is 31.1. The van der Waals surface area contributed by atoms with Gasteiger partial charge in [-0.2, -0.15) is 9.61 Å². The Morgan fingerprint density at radius 3 is 2.60 bits per heavy atom. The maximum absolute atomic E-state index is 12.7. The number of aromatic nitrogens is 3. The number of carbonyl (C=O) groups excluding carboxylic acids is 2. The van der Waals surface area contributed by atoms with Gasteiger partial charge in [-0.25, -0.2) is 4.98 Å². The van der Waals surface area contributed by atoms with Gasteiger partial charge in [0, 0.05) is 30.8 Å². The molecule has 1 saturated carbocycles. The molecule has 0 radical (unpaired) electrons. The molecule has 1 saturated heterocycles. The fraction of sp³-hybridized carbons (Fsp3) is 0.333. The molecule has 3 aromatic rings. The lowest BCUT2D eigenvalue weighted by atomic mass is 10.2. The molecule has 1 aliphatic carbocycles. The molecule has 2 fully saturated rings. The SMILES string of the molecule is O=C(Nc1cc(N2CCOCC2)n2nccc2n1)c1ccc(OC(=O)C2CC2)cc1. The van der Waals surface area contributed by atoms with Gasteiger partial charge in [-0.15, -0.1) is 0 Å². The van der Waals surface area contributed by atoms with Crippen molar-refractivity contribution in [2.75, 3.05) is 36.5 Å². The number of carbonyl (C=O) groups is 2. The standard InChI is InChI=1S/C21H21N5O4/c27-20(14-3-5-16(6-4-14)30-21(28)15-1-2-15)24-17-13-19(25-9-11-29-12-10-25)26-18(23-17)7-8-22-26/h3-8,13,15H,1-2,9-12H2,(H,23,24,27). The monoisotopic (exact) mass is 407 g/mol. The molecule has 1 amide bonds. The number of hydrogen-bond donors (Lipinski definition) is 1. The fourth-order valence-electron chi connectivity index (χ4n) is 3.36. The van der Waals surface area contributed by atoms with Crippen LogP contribution in [-0.4, -0.2) is 52.8 Å². The van der Waals surface area contributed by atoms with Crippen molar-refractivity contribution in [3.63, 3.8) is 0 Å². The third kappa shape index (κ3) is 3.84. The molecule has 5 rings (SSSR count). The topological polar surface area (TPSA) is 98.1 Å². The van der Waals surface area contributed by atoms with Crippen molar-refractivity contribution < 1.29 is 19.1 Å². The molecular formula is C21H21N5O4. The minimum atomic E-state index is -0.292. The largest absolute Gasteiger partial charge is 0.426 e. The van der Waals surface area contributed by atoms with Gasteiger partial charge >= 0.3 is 5.97 Å². The zero-order valence-electron chi connectivity index (χ0n) is 16.3. The van der Waals surface area contributed by atoms with Gasteiger partial charge in [-0.3, -0.25) is 9.59 Å². The lowest BCUT2D eigenvalue weighted by Gasteiger charge is -2.29. The van der Waals surface area contributed by atoms with Crippen molar-refractivity contribution >= 4 is 29.2 Å². The first-order valence-corrected chi connectivity index (χ1v) is 9.98. The van der Waals surface area contributed by atoms with Crippen molar-refractivity contribution in [2.24, 2.45) is 5.92 Å². The molecule has 2 aliphatic rings. The number of esters is 1. The van der Waals surface area contributed by atoms with E-state index in [0.717, 1.165) is 31.7 Å². The van der Waals surface area contributed by atoms with E-state index in [1.54, 1.807) is 41.0 Å². The Kier molecular flexibility index (Phi) is 4.80. The van der Waals surface area contributed by atoms with Gasteiger partial charge in [0.2, 0.25) is 0 Å². The van der Waals surface area contributed by atoms with Crippen molar-refractivity contribution in [1.82, 2.24) is 14.6 Å². The summed E-state index contributed by atoms with van der Waals surface area (Å²) in [6, 6.07) is 10.1. The molecule has 1 N–H and O–H groups in total. The number of morpholine rings is 1. The Balaban J connectivity index is 1.33. The third-order valence-corrected chi connectivity index (χ3v) is 5.16. The van der Waals surface area contributed by atoms with Crippen molar-refractivity contribution in [1.29, 1.82) is 0 Å². The van der Waals surface area contributed by atoms with Crippen LogP contribution < -0.4 is 15.0 Å². The summed E-state index contributed by atoms with van der Waals surface area (Å²) in [7, 11) is 0. The molecule has 30 heavy (non-hydrogen) atoms. The summed E-state index contributed by atoms with van der Waals surface area (Å²) in [5.74, 6) is 1.26. The van der Waals surface area contributed by atoms with Crippen LogP contribution in [0.15, 0.2) is 42.6 Å². The second kappa shape index (κ2) is 7.75. The zero-order chi connectivity index (χ0) is 20.5. The van der Waals surface area contributed by atoms with E-state index in [0.29, 0.717) is 36.0 Å². The smallest absolute Gasteiger partial charge is 0.314 e. The maximum Gasteiger partial charge on any atom is 0.314 e. The number of anilines is 2. The Morgan fingerprint density at radius 2 is 1.87 bits per heavy atom. The summed E-state index contributed by atoms with van der Waals surface area (Å²) >= 11 is 0. The second-order valence-electron chi connectivity index (χ2n) is 7.37. The average Bonchev–Trinajstić information content (AvgIpc) is 3.52. The van der Waals surface area contributed by atoms with Crippen LogP contribution in [0.25, 0.3) is 5.65 Å². The number of rotatable bonds is 5. The normalized spacial score (nSPS) is 16.5. The first kappa shape index (κ1) is 18.6. The van der Waals surface area contributed by atoms with Gasteiger partial charge in [0.15, 0.2) is 5.65 Å². The number of ether oxygens (including phenoxy) is 2. The average molecular weight is 407 g/mol. The summed E-state index contributed by atoms with van der Waals surface area (Å²) in [5, 5.41) is 7.19. The van der Waals surface area contributed by atoms with E-state index in [-0.39, 0.29) is 17.8 Å². The van der Waals surface area contributed by atoms with E-state index >= 15 is 0 Å². The number of nitrogens with zero attached hydrogens (tertiary/aromatic N) is 4. The van der Waals surface area contributed by atoms with Crippen LogP contribution >= 0.6 is 0 Å². The van der Waals surface area contributed by atoms with Gasteiger partial charge in [0.05, 0.1) is 25.3 Å². The van der Waals surface area contributed by atoms with E-state index < -0.39 is 0 Å². The van der Waals surface area contributed by atoms with Gasteiger partial charge < -0.3 is 19.7 Å². The molecule has 3 heterocycles. The van der Waals surface area contributed by atoms with Gasteiger partial charge in [0.25, 0.3) is 5.91 Å². The van der Waals surface area contributed by atoms with Gasteiger partial charge in [0.1, 0.15) is 17.4 Å². The first-order valence-electron chi connectivity index (χ1n) is 9.98. The molecule has 0 spiro atoms. The lowest BCUT2D eigenvalue weighted by Crippen LogP contribution is -2.37. The summed E-state index contributed by atoms with van der Waals surface area (Å²) in [6.45, 7) is 2.77. The molecule has 9 nitrogen and oxygen atoms in total. The molecule has 9 heteroatoms. The number of amides is 1. The van der Waals surface area contributed by atoms with Crippen molar-refractivity contribution in [3.05, 3.63) is 48.2 Å². The molecule has 154 valence electrons. The van der Waals surface area contributed by atoms with Gasteiger partial charge in [-0.05, 0) is 37.1 Å². The van der Waals surface area contributed by atoms with Crippen molar-refractivity contribution in [2.45, 2.75) is 12.8 Å². The Morgan fingerprint density at radius 1 is 1.10 bits per heavy atom. The Labute approximate surface area is 172 Å². The highest BCUT2D eigenvalue weighted by atomic mass is 16.5. The summed E-state index contributed by atoms with van der Waals surface area (Å²) < 4.78 is 12.5. The summed E-state index contributed by atoms with van der Waals surface area (Å²) in [5.41, 5.74) is 1.10. The fourth-order valence-corrected chi connectivity index (χ4v) is 3.36. The molecule has 1 aliphatic heterocycles. The first-order chi connectivity index (χ1) is 14.7. The highest BCUT2D eigenvalue weighted by Crippen LogP contribution is 2.31. The highest BCUT2D eigenvalue weighted by molar-refractivity contribution is 6.04. The van der Waals surface area contributed by atoms with Crippen LogP contribution in [0.2, 0.25) is 0 Å². The number of fused-ring (bicyclic) bond motifs is 1. The molecule has 0 bridgehead atoms. The molecule has 0 atom stereocenters. The number of benzene rings is 1. The summed E-state index contributed by atoms with van der Waals surface area (Å²) in [6.07, 6.45) is 3.46. The van der Waals surface area contributed by atoms with Crippen LogP contribution in [-0.2, 0) is 9.53 Å². The number of nitrogens with one attached hydrogen (secondary N) is 1. The minimum Gasteiger partial charge on any atom is -0.426 e. The van der Waals surface area contributed by atoms with Gasteiger partial charge in [-0.1, -0.05) is 0 Å². The third-order valence-electron chi connectivity index (χ3n) is 5.16. The van der Waals surface area contributed by atoms with Crippen LogP contribution in [0.5, 0.6) is 5.75 Å². The molecule has 0 unspecified atom stereocenters. The molecular weight excluding hydrogens is 386 g/mol. The van der Waals surface area contributed by atoms with Crippen LogP contribution in [0.1, 0.15) is 23.2 Å². The second-order valence-corrected chi connectivity index (χ2v) is 7.37. The Hall–Kier alpha value is -3.46. The predicted octanol–water partition coefficient (Wildman–Crippen LogP) is 2.13. The van der Waals surface area contributed by atoms with E-state index in [1.807, 2.05) is 6.07 Å². The maximum atomic E-state index is 12.7. The number of hydrogen-bond acceptors (Lipinski definition) is 7. The van der Waals surface area contributed by atoms with E-state index in [9.17, 15) is 9.59 Å². The van der Waals surface area contributed by atoms with Crippen LogP contribution in [0, 0.1) is 5.92 Å². The van der Waals surface area contributed by atoms with E-state index in [1.165, 1.54) is 0 Å². The Bertz CT molecular complexity index is 1080. The van der Waals surface area contributed by atoms with E-state index in [2.05, 4.69) is 20.3 Å². The molecule has 1 aromatic carbocycles. The minimum absolute atomic E-state index is 0.0261. The van der Waals surface area contributed by atoms with Crippen LogP contribution in [0.4, 0.5) is 11.6 Å². The predicted molar refractivity (Wildman–Crippen MR) is 109 cm³/mol. The highest BCUT2D eigenvalue weighted by Gasteiger charge is 2.31. The van der Waals surface area contributed by atoms with Crippen molar-refractivity contribution in [3.8, 4) is 5.75 Å². The quantitative estimate of drug-likeness (QED) is 0.511. The molecule has 2 aromatic heterocycles. The van der Waals surface area contributed by atoms with E-state index in [4.69, 9.17) is 9.47 Å². The van der Waals surface area contributed by atoms with Crippen LogP contribution in [0.3, 0.4) is 0 Å². The lowest BCUT2D eigenvalue weighted by molar-refractivity contribution is -0.135.